The van der Waals surface area contributed by atoms with E-state index in [1.807, 2.05) is 0 Å². The van der Waals surface area contributed by atoms with Gasteiger partial charge in [0, 0.05) is 26.5 Å². The summed E-state index contributed by atoms with van der Waals surface area (Å²) in [5.74, 6) is -2.30. The lowest BCUT2D eigenvalue weighted by molar-refractivity contribution is -0.147. The molecule has 0 aromatic carbocycles. The molecule has 0 aliphatic carbocycles. The van der Waals surface area contributed by atoms with Crippen molar-refractivity contribution in [2.75, 3.05) is 33.9 Å². The van der Waals surface area contributed by atoms with Crippen LogP contribution in [0.25, 0.3) is 0 Å². The fourth-order valence-electron chi connectivity index (χ4n) is 1.38. The third-order valence-corrected chi connectivity index (χ3v) is 2.25. The van der Waals surface area contributed by atoms with E-state index < -0.39 is 17.9 Å². The largest absolute Gasteiger partial charge is 0.462 e. The van der Waals surface area contributed by atoms with Crippen molar-refractivity contribution in [2.24, 2.45) is 0 Å². The Morgan fingerprint density at radius 1 is 0.870 bits per heavy atom. The SMILES string of the molecule is CCOC(=O)C(=CN/C(=C/N(C)C)C(=O)OCC)C(=O)OCC. The molecule has 0 saturated heterocycles. The lowest BCUT2D eigenvalue weighted by Crippen LogP contribution is -2.25. The Kier molecular flexibility index (Phi) is 9.90. The van der Waals surface area contributed by atoms with Crippen molar-refractivity contribution in [1.29, 1.82) is 0 Å². The van der Waals surface area contributed by atoms with Crippen molar-refractivity contribution in [3.05, 3.63) is 23.7 Å². The van der Waals surface area contributed by atoms with Crippen LogP contribution in [-0.4, -0.2) is 56.7 Å². The number of ether oxygens (including phenoxy) is 3. The Labute approximate surface area is 136 Å². The van der Waals surface area contributed by atoms with Gasteiger partial charge in [-0.2, -0.15) is 0 Å². The highest BCUT2D eigenvalue weighted by Crippen LogP contribution is 2.04. The smallest absolute Gasteiger partial charge is 0.356 e. The second-order valence-electron chi connectivity index (χ2n) is 4.37. The van der Waals surface area contributed by atoms with Crippen molar-refractivity contribution in [3.8, 4) is 0 Å². The summed E-state index contributed by atoms with van der Waals surface area (Å²) < 4.78 is 14.5. The fourth-order valence-corrected chi connectivity index (χ4v) is 1.38. The zero-order valence-electron chi connectivity index (χ0n) is 14.2. The van der Waals surface area contributed by atoms with Gasteiger partial charge in [0.2, 0.25) is 0 Å². The van der Waals surface area contributed by atoms with Crippen LogP contribution in [0.15, 0.2) is 23.7 Å². The molecule has 0 aromatic rings. The molecule has 0 aliphatic heterocycles. The maximum Gasteiger partial charge on any atom is 0.356 e. The monoisotopic (exact) mass is 328 g/mol. The molecule has 0 saturated carbocycles. The molecule has 130 valence electrons. The normalized spacial score (nSPS) is 10.4. The number of hydrogen-bond donors (Lipinski definition) is 1. The summed E-state index contributed by atoms with van der Waals surface area (Å²) in [5.41, 5.74) is -0.286. The topological polar surface area (TPSA) is 94.2 Å². The third-order valence-electron chi connectivity index (χ3n) is 2.25. The second-order valence-corrected chi connectivity index (χ2v) is 4.37. The summed E-state index contributed by atoms with van der Waals surface area (Å²) in [6.07, 6.45) is 2.53. The van der Waals surface area contributed by atoms with E-state index in [2.05, 4.69) is 5.32 Å². The molecular weight excluding hydrogens is 304 g/mol. The van der Waals surface area contributed by atoms with Gasteiger partial charge in [0.05, 0.1) is 19.8 Å². The van der Waals surface area contributed by atoms with Gasteiger partial charge in [0.25, 0.3) is 0 Å². The van der Waals surface area contributed by atoms with Gasteiger partial charge >= 0.3 is 17.9 Å². The Morgan fingerprint density at radius 3 is 1.70 bits per heavy atom. The minimum Gasteiger partial charge on any atom is -0.462 e. The molecule has 0 aliphatic rings. The van der Waals surface area contributed by atoms with Crippen LogP contribution < -0.4 is 5.32 Å². The maximum atomic E-state index is 11.8. The molecule has 8 heteroatoms. The van der Waals surface area contributed by atoms with Crippen molar-refractivity contribution in [1.82, 2.24) is 10.2 Å². The molecule has 0 rings (SSSR count). The number of carbonyl (C=O) groups excluding carboxylic acids is 3. The van der Waals surface area contributed by atoms with Crippen LogP contribution in [0.2, 0.25) is 0 Å². The first-order valence-corrected chi connectivity index (χ1v) is 7.23. The first-order valence-electron chi connectivity index (χ1n) is 7.23. The Morgan fingerprint density at radius 2 is 1.30 bits per heavy atom. The van der Waals surface area contributed by atoms with E-state index in [4.69, 9.17) is 14.2 Å². The summed E-state index contributed by atoms with van der Waals surface area (Å²) in [6.45, 7) is 5.30. The zero-order valence-corrected chi connectivity index (χ0v) is 14.2. The highest BCUT2D eigenvalue weighted by atomic mass is 16.6. The molecule has 0 radical (unpaired) electrons. The van der Waals surface area contributed by atoms with Gasteiger partial charge in [0.15, 0.2) is 5.57 Å². The quantitative estimate of drug-likeness (QED) is 0.216. The highest BCUT2D eigenvalue weighted by molar-refractivity contribution is 6.14. The number of carbonyl (C=O) groups is 3. The maximum absolute atomic E-state index is 11.8. The van der Waals surface area contributed by atoms with Gasteiger partial charge in [-0.05, 0) is 20.8 Å². The number of hydrogen-bond acceptors (Lipinski definition) is 8. The highest BCUT2D eigenvalue weighted by Gasteiger charge is 2.22. The van der Waals surface area contributed by atoms with Crippen LogP contribution in [0.4, 0.5) is 0 Å². The molecule has 8 nitrogen and oxygen atoms in total. The van der Waals surface area contributed by atoms with E-state index in [1.54, 1.807) is 39.8 Å². The number of esters is 3. The molecule has 0 unspecified atom stereocenters. The summed E-state index contributed by atoms with van der Waals surface area (Å²) in [5, 5.41) is 2.60. The lowest BCUT2D eigenvalue weighted by Gasteiger charge is -2.12. The van der Waals surface area contributed by atoms with E-state index in [9.17, 15) is 14.4 Å². The van der Waals surface area contributed by atoms with E-state index in [0.29, 0.717) is 0 Å². The second kappa shape index (κ2) is 11.1. The molecule has 1 N–H and O–H groups in total. The summed E-state index contributed by atoms with van der Waals surface area (Å²) in [7, 11) is 3.42. The van der Waals surface area contributed by atoms with Crippen LogP contribution in [-0.2, 0) is 28.6 Å². The minimum absolute atomic E-state index is 0.0583. The molecule has 0 fully saturated rings. The van der Waals surface area contributed by atoms with E-state index in [0.717, 1.165) is 6.20 Å². The van der Waals surface area contributed by atoms with Gasteiger partial charge in [-0.25, -0.2) is 14.4 Å². The molecule has 0 aromatic heterocycles. The van der Waals surface area contributed by atoms with Crippen LogP contribution in [0.3, 0.4) is 0 Å². The van der Waals surface area contributed by atoms with E-state index in [1.165, 1.54) is 6.20 Å². The van der Waals surface area contributed by atoms with Gasteiger partial charge in [-0.15, -0.1) is 0 Å². The van der Waals surface area contributed by atoms with E-state index >= 15 is 0 Å². The standard InChI is InChI=1S/C15H24N2O6/c1-6-21-13(18)11(14(19)22-7-2)9-16-12(10-17(4)5)15(20)23-8-3/h9-10,16H,6-8H2,1-5H3/b12-10+. The first-order chi connectivity index (χ1) is 10.9. The summed E-state index contributed by atoms with van der Waals surface area (Å²) in [4.78, 5) is 37.1. The first kappa shape index (κ1) is 20.5. The molecule has 0 amide bonds. The lowest BCUT2D eigenvalue weighted by atomic mass is 10.3. The molecule has 0 spiro atoms. The molecule has 0 bridgehead atoms. The summed E-state index contributed by atoms with van der Waals surface area (Å²) in [6, 6.07) is 0. The van der Waals surface area contributed by atoms with Crippen LogP contribution >= 0.6 is 0 Å². The minimum atomic E-state index is -0.841. The van der Waals surface area contributed by atoms with Crippen molar-refractivity contribution in [2.45, 2.75) is 20.8 Å². The molecule has 23 heavy (non-hydrogen) atoms. The van der Waals surface area contributed by atoms with Crippen molar-refractivity contribution < 1.29 is 28.6 Å². The fraction of sp³-hybridized carbons (Fsp3) is 0.533. The Hall–Kier alpha value is -2.51. The average Bonchev–Trinajstić information content (AvgIpc) is 2.46. The average molecular weight is 328 g/mol. The number of rotatable bonds is 9. The zero-order chi connectivity index (χ0) is 17.8. The molecule has 0 heterocycles. The van der Waals surface area contributed by atoms with E-state index in [-0.39, 0.29) is 31.1 Å². The van der Waals surface area contributed by atoms with Gasteiger partial charge < -0.3 is 24.4 Å². The summed E-state index contributed by atoms with van der Waals surface area (Å²) >= 11 is 0. The van der Waals surface area contributed by atoms with Crippen LogP contribution in [0.5, 0.6) is 0 Å². The number of nitrogens with one attached hydrogen (secondary N) is 1. The Balaban J connectivity index is 5.38. The van der Waals surface area contributed by atoms with Gasteiger partial charge in [-0.1, -0.05) is 0 Å². The molecular formula is C15H24N2O6. The van der Waals surface area contributed by atoms with Gasteiger partial charge in [0.1, 0.15) is 5.70 Å². The van der Waals surface area contributed by atoms with Crippen molar-refractivity contribution in [3.63, 3.8) is 0 Å². The van der Waals surface area contributed by atoms with Crippen LogP contribution in [0, 0.1) is 0 Å². The molecule has 0 atom stereocenters. The predicted octanol–water partition coefficient (Wildman–Crippen LogP) is 0.552. The predicted molar refractivity (Wildman–Crippen MR) is 82.9 cm³/mol. The van der Waals surface area contributed by atoms with Crippen molar-refractivity contribution >= 4 is 17.9 Å². The number of nitrogens with zero attached hydrogens (tertiary/aromatic N) is 1. The third kappa shape index (κ3) is 7.89. The van der Waals surface area contributed by atoms with Gasteiger partial charge in [-0.3, -0.25) is 0 Å². The Bertz CT molecular complexity index is 462. The van der Waals surface area contributed by atoms with Crippen LogP contribution in [0.1, 0.15) is 20.8 Å².